The molecule has 2 nitrogen and oxygen atoms in total. The first-order chi connectivity index (χ1) is 6.91. The van der Waals surface area contributed by atoms with Crippen LogP contribution >= 0.6 is 23.2 Å². The number of nitrogens with two attached hydrogens (primary N) is 1. The van der Waals surface area contributed by atoms with Gasteiger partial charge in [-0.25, -0.2) is 8.78 Å². The van der Waals surface area contributed by atoms with Crippen molar-refractivity contribution in [3.63, 3.8) is 0 Å². The minimum atomic E-state index is -2.55. The number of benzene rings is 1. The van der Waals surface area contributed by atoms with E-state index in [1.807, 2.05) is 0 Å². The van der Waals surface area contributed by atoms with Gasteiger partial charge in [-0.2, -0.15) is 0 Å². The van der Waals surface area contributed by atoms with Crippen molar-refractivity contribution in [2.45, 2.75) is 18.9 Å². The Morgan fingerprint density at radius 2 is 1.93 bits per heavy atom. The molecular formula is C9H9Cl2F2NO. The molecule has 0 aliphatic heterocycles. The van der Waals surface area contributed by atoms with Crippen molar-refractivity contribution in [2.75, 3.05) is 0 Å². The summed E-state index contributed by atoms with van der Waals surface area (Å²) in [6.07, 6.45) is -3.11. The normalized spacial score (nSPS) is 13.2. The fraction of sp³-hybridized carbons (Fsp3) is 0.333. The molecule has 0 unspecified atom stereocenters. The fourth-order valence-electron chi connectivity index (χ4n) is 1.25. The summed E-state index contributed by atoms with van der Waals surface area (Å²) in [5.74, 6) is -0.263. The summed E-state index contributed by atoms with van der Waals surface area (Å²) in [4.78, 5) is 0. The predicted octanol–water partition coefficient (Wildman–Crippen LogP) is 3.35. The van der Waals surface area contributed by atoms with Crippen LogP contribution in [0.3, 0.4) is 0 Å². The van der Waals surface area contributed by atoms with Crippen LogP contribution in [0.4, 0.5) is 8.78 Å². The van der Waals surface area contributed by atoms with Gasteiger partial charge in [0.15, 0.2) is 0 Å². The van der Waals surface area contributed by atoms with Crippen LogP contribution in [0, 0.1) is 0 Å². The Balaban J connectivity index is 3.03. The van der Waals surface area contributed by atoms with Gasteiger partial charge in [0, 0.05) is 23.0 Å². The van der Waals surface area contributed by atoms with E-state index in [0.29, 0.717) is 0 Å². The average molecular weight is 256 g/mol. The van der Waals surface area contributed by atoms with Gasteiger partial charge in [0.25, 0.3) is 0 Å². The van der Waals surface area contributed by atoms with Gasteiger partial charge >= 0.3 is 0 Å². The molecule has 84 valence electrons. The Morgan fingerprint density at radius 1 is 1.33 bits per heavy atom. The van der Waals surface area contributed by atoms with Crippen molar-refractivity contribution in [1.29, 1.82) is 0 Å². The van der Waals surface area contributed by atoms with E-state index in [-0.39, 0.29) is 21.4 Å². The highest BCUT2D eigenvalue weighted by molar-refractivity contribution is 6.35. The molecule has 0 aliphatic rings. The first-order valence-corrected chi connectivity index (χ1v) is 4.89. The van der Waals surface area contributed by atoms with E-state index in [9.17, 15) is 13.9 Å². The predicted molar refractivity (Wildman–Crippen MR) is 55.7 cm³/mol. The Kier molecular flexibility index (Phi) is 4.13. The molecule has 3 N–H and O–H groups in total. The molecule has 0 fully saturated rings. The van der Waals surface area contributed by atoms with Gasteiger partial charge in [0.2, 0.25) is 6.43 Å². The number of rotatable bonds is 3. The lowest BCUT2D eigenvalue weighted by Gasteiger charge is -2.15. The van der Waals surface area contributed by atoms with Gasteiger partial charge in [0.05, 0.1) is 5.02 Å². The Morgan fingerprint density at radius 3 is 2.40 bits per heavy atom. The molecule has 0 amide bonds. The number of alkyl halides is 2. The van der Waals surface area contributed by atoms with E-state index in [1.165, 1.54) is 12.1 Å². The number of halogens is 4. The van der Waals surface area contributed by atoms with Crippen molar-refractivity contribution in [3.05, 3.63) is 27.7 Å². The molecule has 1 atom stereocenters. The fourth-order valence-corrected chi connectivity index (χ4v) is 1.87. The molecule has 1 aromatic carbocycles. The maximum atomic E-state index is 12.1. The highest BCUT2D eigenvalue weighted by Crippen LogP contribution is 2.35. The number of phenolic OH excluding ortho intramolecular Hbond substituents is 1. The summed E-state index contributed by atoms with van der Waals surface area (Å²) in [6.45, 7) is 0. The lowest BCUT2D eigenvalue weighted by Crippen LogP contribution is -2.14. The third kappa shape index (κ3) is 3.19. The van der Waals surface area contributed by atoms with E-state index >= 15 is 0 Å². The van der Waals surface area contributed by atoms with Crippen LogP contribution in [0.25, 0.3) is 0 Å². The standard InChI is InChI=1S/C9H9Cl2F2NO/c10-4-1-5(11)9(7(15)2-4)6(14)3-8(12)13/h1-2,6,8,15H,3,14H2/t6-/m1/s1. The summed E-state index contributed by atoms with van der Waals surface area (Å²) in [6, 6.07) is 1.56. The molecule has 1 rings (SSSR count). The van der Waals surface area contributed by atoms with Crippen molar-refractivity contribution in [3.8, 4) is 5.75 Å². The van der Waals surface area contributed by atoms with Gasteiger partial charge in [-0.1, -0.05) is 23.2 Å². The highest BCUT2D eigenvalue weighted by Gasteiger charge is 2.19. The minimum Gasteiger partial charge on any atom is -0.508 e. The van der Waals surface area contributed by atoms with Crippen molar-refractivity contribution < 1.29 is 13.9 Å². The molecule has 0 heterocycles. The van der Waals surface area contributed by atoms with Gasteiger partial charge in [-0.05, 0) is 12.1 Å². The number of hydrogen-bond donors (Lipinski definition) is 2. The van der Waals surface area contributed by atoms with Crippen LogP contribution < -0.4 is 5.73 Å². The highest BCUT2D eigenvalue weighted by atomic mass is 35.5. The van der Waals surface area contributed by atoms with E-state index in [2.05, 4.69) is 0 Å². The van der Waals surface area contributed by atoms with Gasteiger partial charge in [-0.15, -0.1) is 0 Å². The Hall–Kier alpha value is -0.580. The number of aromatic hydroxyl groups is 1. The van der Waals surface area contributed by atoms with Crippen molar-refractivity contribution in [1.82, 2.24) is 0 Å². The molecule has 6 heteroatoms. The van der Waals surface area contributed by atoms with Gasteiger partial charge < -0.3 is 10.8 Å². The van der Waals surface area contributed by atoms with Crippen molar-refractivity contribution in [2.24, 2.45) is 5.73 Å². The first-order valence-electron chi connectivity index (χ1n) is 4.13. The molecule has 15 heavy (non-hydrogen) atoms. The molecule has 0 saturated carbocycles. The van der Waals surface area contributed by atoms with Crippen LogP contribution in [0.15, 0.2) is 12.1 Å². The maximum Gasteiger partial charge on any atom is 0.240 e. The van der Waals surface area contributed by atoms with E-state index in [1.54, 1.807) is 0 Å². The van der Waals surface area contributed by atoms with Gasteiger partial charge in [-0.3, -0.25) is 0 Å². The molecule has 0 aromatic heterocycles. The lowest BCUT2D eigenvalue weighted by molar-refractivity contribution is 0.128. The maximum absolute atomic E-state index is 12.1. The zero-order valence-corrected chi connectivity index (χ0v) is 9.06. The lowest BCUT2D eigenvalue weighted by atomic mass is 10.0. The summed E-state index contributed by atoms with van der Waals surface area (Å²) in [5, 5.41) is 9.78. The minimum absolute atomic E-state index is 0.0909. The van der Waals surface area contributed by atoms with E-state index in [0.717, 1.165) is 0 Å². The second-order valence-electron chi connectivity index (χ2n) is 3.05. The molecular weight excluding hydrogens is 247 g/mol. The summed E-state index contributed by atoms with van der Waals surface area (Å²) >= 11 is 11.3. The summed E-state index contributed by atoms with van der Waals surface area (Å²) in [7, 11) is 0. The van der Waals surface area contributed by atoms with Crippen LogP contribution in [0.5, 0.6) is 5.75 Å². The number of hydrogen-bond acceptors (Lipinski definition) is 2. The van der Waals surface area contributed by atoms with Crippen LogP contribution in [0.2, 0.25) is 10.0 Å². The SMILES string of the molecule is N[C@H](CC(F)F)c1c(O)cc(Cl)cc1Cl. The molecule has 0 radical (unpaired) electrons. The third-order valence-corrected chi connectivity index (χ3v) is 2.41. The van der Waals surface area contributed by atoms with Crippen LogP contribution in [-0.4, -0.2) is 11.5 Å². The van der Waals surface area contributed by atoms with E-state index in [4.69, 9.17) is 28.9 Å². The quantitative estimate of drug-likeness (QED) is 0.870. The Bertz CT molecular complexity index is 337. The number of phenols is 1. The topological polar surface area (TPSA) is 46.2 Å². The zero-order chi connectivity index (χ0) is 11.6. The zero-order valence-electron chi connectivity index (χ0n) is 7.55. The largest absolute Gasteiger partial charge is 0.508 e. The van der Waals surface area contributed by atoms with Gasteiger partial charge in [0.1, 0.15) is 5.75 Å². The third-order valence-electron chi connectivity index (χ3n) is 1.88. The van der Waals surface area contributed by atoms with E-state index < -0.39 is 18.9 Å². The Labute approximate surface area is 95.6 Å². The molecule has 0 bridgehead atoms. The summed E-state index contributed by atoms with van der Waals surface area (Å²) in [5.41, 5.74) is 5.58. The van der Waals surface area contributed by atoms with Crippen molar-refractivity contribution >= 4 is 23.2 Å². The second kappa shape index (κ2) is 4.96. The molecule has 0 saturated heterocycles. The molecule has 0 spiro atoms. The summed E-state index contributed by atoms with van der Waals surface area (Å²) < 4.78 is 24.2. The monoisotopic (exact) mass is 255 g/mol. The first kappa shape index (κ1) is 12.5. The van der Waals surface area contributed by atoms with Crippen LogP contribution in [-0.2, 0) is 0 Å². The average Bonchev–Trinajstić information content (AvgIpc) is 1.99. The van der Waals surface area contributed by atoms with Crippen LogP contribution in [0.1, 0.15) is 18.0 Å². The smallest absolute Gasteiger partial charge is 0.240 e. The molecule has 0 aliphatic carbocycles. The second-order valence-corrected chi connectivity index (χ2v) is 3.90. The molecule has 1 aromatic rings.